The third-order valence-electron chi connectivity index (χ3n) is 3.00. The van der Waals surface area contributed by atoms with Gasteiger partial charge in [0, 0.05) is 6.08 Å². The van der Waals surface area contributed by atoms with Crippen molar-refractivity contribution in [3.8, 4) is 10.6 Å². The molecule has 0 atom stereocenters. The van der Waals surface area contributed by atoms with E-state index in [1.54, 1.807) is 17.4 Å². The van der Waals surface area contributed by atoms with Gasteiger partial charge in [-0.05, 0) is 35.2 Å². The van der Waals surface area contributed by atoms with Crippen molar-refractivity contribution in [3.63, 3.8) is 0 Å². The van der Waals surface area contributed by atoms with Crippen LogP contribution in [0.15, 0.2) is 70.5 Å². The minimum atomic E-state index is -0.391. The van der Waals surface area contributed by atoms with E-state index >= 15 is 0 Å². The molecule has 3 nitrogen and oxygen atoms in total. The molecule has 0 saturated heterocycles. The van der Waals surface area contributed by atoms with Crippen LogP contribution >= 0.6 is 11.3 Å². The number of carbonyl (C=O) groups excluding carboxylic acids is 1. The second-order valence-electron chi connectivity index (χ2n) is 4.61. The number of esters is 1. The van der Waals surface area contributed by atoms with Gasteiger partial charge in [0.15, 0.2) is 0 Å². The van der Waals surface area contributed by atoms with Crippen LogP contribution in [0.1, 0.15) is 11.3 Å². The Labute approximate surface area is 132 Å². The molecule has 0 aliphatic carbocycles. The standard InChI is InChI=1S/C18H14O3S/c19-18(20-13-14-5-2-1-3-6-14)11-9-15-8-10-16(21-15)17-7-4-12-22-17/h1-12H,13H2/b11-9+. The molecule has 110 valence electrons. The molecule has 0 aliphatic heterocycles. The van der Waals surface area contributed by atoms with Crippen molar-refractivity contribution in [2.75, 3.05) is 0 Å². The Kier molecular flexibility index (Phi) is 4.51. The molecule has 0 saturated carbocycles. The van der Waals surface area contributed by atoms with Gasteiger partial charge in [-0.15, -0.1) is 11.3 Å². The maximum absolute atomic E-state index is 11.7. The maximum atomic E-state index is 11.7. The fraction of sp³-hybridized carbons (Fsp3) is 0.0556. The van der Waals surface area contributed by atoms with Gasteiger partial charge < -0.3 is 9.15 Å². The Morgan fingerprint density at radius 3 is 2.73 bits per heavy atom. The highest BCUT2D eigenvalue weighted by Gasteiger charge is 2.04. The van der Waals surface area contributed by atoms with Gasteiger partial charge in [-0.25, -0.2) is 4.79 Å². The molecule has 0 spiro atoms. The lowest BCUT2D eigenvalue weighted by Gasteiger charge is -2.01. The Hall–Kier alpha value is -2.59. The van der Waals surface area contributed by atoms with Crippen LogP contribution in [-0.2, 0) is 16.1 Å². The highest BCUT2D eigenvalue weighted by Crippen LogP contribution is 2.26. The van der Waals surface area contributed by atoms with E-state index in [2.05, 4.69) is 0 Å². The van der Waals surface area contributed by atoms with Crippen LogP contribution in [0.5, 0.6) is 0 Å². The van der Waals surface area contributed by atoms with Crippen molar-refractivity contribution >= 4 is 23.4 Å². The topological polar surface area (TPSA) is 39.4 Å². The number of hydrogen-bond acceptors (Lipinski definition) is 4. The van der Waals surface area contributed by atoms with Crippen molar-refractivity contribution in [2.45, 2.75) is 6.61 Å². The highest BCUT2D eigenvalue weighted by molar-refractivity contribution is 7.13. The van der Waals surface area contributed by atoms with Crippen LogP contribution in [0.25, 0.3) is 16.7 Å². The number of thiophene rings is 1. The maximum Gasteiger partial charge on any atom is 0.331 e. The number of hydrogen-bond donors (Lipinski definition) is 0. The Morgan fingerprint density at radius 2 is 1.95 bits per heavy atom. The summed E-state index contributed by atoms with van der Waals surface area (Å²) in [5.41, 5.74) is 0.960. The molecule has 0 N–H and O–H groups in total. The van der Waals surface area contributed by atoms with Gasteiger partial charge in [-0.2, -0.15) is 0 Å². The zero-order valence-electron chi connectivity index (χ0n) is 11.8. The van der Waals surface area contributed by atoms with Gasteiger partial charge in [0.25, 0.3) is 0 Å². The predicted octanol–water partition coefficient (Wildman–Crippen LogP) is 4.76. The summed E-state index contributed by atoms with van der Waals surface area (Å²) in [5.74, 6) is 1.03. The zero-order valence-corrected chi connectivity index (χ0v) is 12.6. The fourth-order valence-electron chi connectivity index (χ4n) is 1.92. The zero-order chi connectivity index (χ0) is 15.2. The lowest BCUT2D eigenvalue weighted by atomic mass is 10.2. The lowest BCUT2D eigenvalue weighted by Crippen LogP contribution is -2.00. The first-order chi connectivity index (χ1) is 10.8. The minimum Gasteiger partial charge on any atom is -0.458 e. The summed E-state index contributed by atoms with van der Waals surface area (Å²) in [7, 11) is 0. The molecular weight excluding hydrogens is 296 g/mol. The average molecular weight is 310 g/mol. The van der Waals surface area contributed by atoms with Crippen molar-refractivity contribution in [1.29, 1.82) is 0 Å². The first-order valence-electron chi connectivity index (χ1n) is 6.84. The molecule has 0 bridgehead atoms. The molecule has 1 aromatic carbocycles. The van der Waals surface area contributed by atoms with Gasteiger partial charge in [-0.1, -0.05) is 36.4 Å². The molecule has 0 unspecified atom stereocenters. The van der Waals surface area contributed by atoms with E-state index in [1.165, 1.54) is 6.08 Å². The van der Waals surface area contributed by atoms with E-state index in [-0.39, 0.29) is 6.61 Å². The Morgan fingerprint density at radius 1 is 1.09 bits per heavy atom. The molecule has 0 aliphatic rings. The van der Waals surface area contributed by atoms with E-state index in [1.807, 2.05) is 60.0 Å². The molecule has 0 amide bonds. The molecule has 0 fully saturated rings. The minimum absolute atomic E-state index is 0.266. The summed E-state index contributed by atoms with van der Waals surface area (Å²) < 4.78 is 10.8. The molecule has 22 heavy (non-hydrogen) atoms. The van der Waals surface area contributed by atoms with Crippen molar-refractivity contribution < 1.29 is 13.9 Å². The summed E-state index contributed by atoms with van der Waals surface area (Å²) in [6, 6.07) is 17.3. The first kappa shape index (κ1) is 14.4. The van der Waals surface area contributed by atoms with Gasteiger partial charge in [0.1, 0.15) is 18.1 Å². The highest BCUT2D eigenvalue weighted by atomic mass is 32.1. The van der Waals surface area contributed by atoms with Crippen LogP contribution < -0.4 is 0 Å². The quantitative estimate of drug-likeness (QED) is 0.503. The largest absolute Gasteiger partial charge is 0.458 e. The Balaban J connectivity index is 1.56. The third-order valence-corrected chi connectivity index (χ3v) is 3.88. The number of rotatable bonds is 5. The van der Waals surface area contributed by atoms with Crippen molar-refractivity contribution in [1.82, 2.24) is 0 Å². The second-order valence-corrected chi connectivity index (χ2v) is 5.55. The second kappa shape index (κ2) is 6.91. The predicted molar refractivity (Wildman–Crippen MR) is 87.3 cm³/mol. The number of ether oxygens (including phenoxy) is 1. The van der Waals surface area contributed by atoms with E-state index in [0.29, 0.717) is 5.76 Å². The molecule has 2 aromatic heterocycles. The van der Waals surface area contributed by atoms with Gasteiger partial charge in [0.2, 0.25) is 0 Å². The molecule has 0 radical (unpaired) electrons. The molecular formula is C18H14O3S. The van der Waals surface area contributed by atoms with Gasteiger partial charge >= 0.3 is 5.97 Å². The summed E-state index contributed by atoms with van der Waals surface area (Å²) in [4.78, 5) is 12.7. The summed E-state index contributed by atoms with van der Waals surface area (Å²) in [5, 5.41) is 1.99. The average Bonchev–Trinajstić information content (AvgIpc) is 3.22. The fourth-order valence-corrected chi connectivity index (χ4v) is 2.61. The van der Waals surface area contributed by atoms with E-state index < -0.39 is 5.97 Å². The van der Waals surface area contributed by atoms with Crippen LogP contribution in [0.4, 0.5) is 0 Å². The van der Waals surface area contributed by atoms with Crippen LogP contribution in [0.3, 0.4) is 0 Å². The normalized spacial score (nSPS) is 10.9. The summed E-state index contributed by atoms with van der Waals surface area (Å²) in [6.45, 7) is 0.266. The molecule has 3 rings (SSSR count). The first-order valence-corrected chi connectivity index (χ1v) is 7.72. The SMILES string of the molecule is O=C(/C=C/c1ccc(-c2cccs2)o1)OCc1ccccc1. The molecule has 2 heterocycles. The molecule has 3 aromatic rings. The lowest BCUT2D eigenvalue weighted by molar-refractivity contribution is -0.138. The van der Waals surface area contributed by atoms with E-state index in [9.17, 15) is 4.79 Å². The number of benzene rings is 1. The van der Waals surface area contributed by atoms with E-state index in [0.717, 1.165) is 16.2 Å². The van der Waals surface area contributed by atoms with Crippen LogP contribution in [0, 0.1) is 0 Å². The van der Waals surface area contributed by atoms with Crippen LogP contribution in [-0.4, -0.2) is 5.97 Å². The van der Waals surface area contributed by atoms with Crippen molar-refractivity contribution in [2.24, 2.45) is 0 Å². The van der Waals surface area contributed by atoms with Gasteiger partial charge in [0.05, 0.1) is 4.88 Å². The monoisotopic (exact) mass is 310 g/mol. The Bertz CT molecular complexity index is 755. The van der Waals surface area contributed by atoms with Gasteiger partial charge in [-0.3, -0.25) is 0 Å². The van der Waals surface area contributed by atoms with Crippen molar-refractivity contribution in [3.05, 3.63) is 77.4 Å². The van der Waals surface area contributed by atoms with E-state index in [4.69, 9.17) is 9.15 Å². The number of furan rings is 1. The third kappa shape index (κ3) is 3.74. The number of carbonyl (C=O) groups is 1. The van der Waals surface area contributed by atoms with Crippen LogP contribution in [0.2, 0.25) is 0 Å². The summed E-state index contributed by atoms with van der Waals surface area (Å²) >= 11 is 1.61. The smallest absolute Gasteiger partial charge is 0.331 e. The summed E-state index contributed by atoms with van der Waals surface area (Å²) in [6.07, 6.45) is 2.99. The molecule has 4 heteroatoms.